The number of esters is 1. The lowest BCUT2D eigenvalue weighted by molar-refractivity contribution is -0.281. The monoisotopic (exact) mass is 624 g/mol. The number of carbonyl (C=O) groups excluding carboxylic acids is 2. The van der Waals surface area contributed by atoms with Gasteiger partial charge >= 0.3 is 5.97 Å². The maximum atomic E-state index is 13.9. The molecule has 0 amide bonds. The molecule has 2 aromatic carbocycles. The Hall–Kier alpha value is -3.34. The molecule has 0 unspecified atom stereocenters. The molecule has 2 aromatic rings. The lowest BCUT2D eigenvalue weighted by atomic mass is 9.75. The summed E-state index contributed by atoms with van der Waals surface area (Å²) in [5.74, 6) is -1.95. The Balaban J connectivity index is 1.86. The van der Waals surface area contributed by atoms with Gasteiger partial charge in [-0.15, -0.1) is 0 Å². The molecule has 0 spiro atoms. The molecule has 9 heteroatoms. The van der Waals surface area contributed by atoms with E-state index in [1.165, 1.54) is 20.3 Å². The molecule has 0 aromatic heterocycles. The normalized spacial score (nSPS) is 21.2. The van der Waals surface area contributed by atoms with Crippen LogP contribution in [0.25, 0.3) is 0 Å². The molecule has 0 N–H and O–H groups in total. The number of hydrogen-bond donors (Lipinski definition) is 0. The fourth-order valence-electron chi connectivity index (χ4n) is 5.28. The van der Waals surface area contributed by atoms with Crippen molar-refractivity contribution in [1.82, 2.24) is 0 Å². The predicted octanol–water partition coefficient (Wildman–Crippen LogP) is 6.34. The van der Waals surface area contributed by atoms with E-state index < -0.39 is 41.3 Å². The first-order valence-corrected chi connectivity index (χ1v) is 15.3. The van der Waals surface area contributed by atoms with Gasteiger partial charge < -0.3 is 33.2 Å². The van der Waals surface area contributed by atoms with Gasteiger partial charge in [-0.3, -0.25) is 4.79 Å². The molecular formula is C36H48O9. The Morgan fingerprint density at radius 1 is 1.02 bits per heavy atom. The molecule has 0 aliphatic carbocycles. The molecule has 1 aliphatic heterocycles. The van der Waals surface area contributed by atoms with Gasteiger partial charge in [0, 0.05) is 37.0 Å². The van der Waals surface area contributed by atoms with E-state index in [1.54, 1.807) is 7.11 Å². The first-order chi connectivity index (χ1) is 21.6. The van der Waals surface area contributed by atoms with Crippen molar-refractivity contribution in [3.63, 3.8) is 0 Å². The number of ether oxygens (including phenoxy) is 7. The van der Waals surface area contributed by atoms with Gasteiger partial charge in [-0.25, -0.2) is 4.79 Å². The molecule has 0 saturated carbocycles. The van der Waals surface area contributed by atoms with Crippen molar-refractivity contribution in [2.24, 2.45) is 5.41 Å². The number of carbonyl (C=O) groups is 2. The van der Waals surface area contributed by atoms with E-state index >= 15 is 0 Å². The maximum absolute atomic E-state index is 13.9. The average Bonchev–Trinajstić information content (AvgIpc) is 3.05. The third kappa shape index (κ3) is 9.82. The molecular weight excluding hydrogens is 576 g/mol. The predicted molar refractivity (Wildman–Crippen MR) is 170 cm³/mol. The van der Waals surface area contributed by atoms with Gasteiger partial charge in [-0.2, -0.15) is 0 Å². The number of ketones is 1. The van der Waals surface area contributed by atoms with Crippen molar-refractivity contribution < 1.29 is 42.7 Å². The van der Waals surface area contributed by atoms with Crippen LogP contribution in [-0.4, -0.2) is 64.0 Å². The number of methoxy groups -OCH3 is 3. The number of allylic oxidation sites excluding steroid dienone is 1. The Morgan fingerprint density at radius 2 is 1.71 bits per heavy atom. The molecule has 1 saturated heterocycles. The fraction of sp³-hybridized carbons (Fsp3) is 0.500. The third-order valence-corrected chi connectivity index (χ3v) is 7.94. The molecule has 1 aliphatic rings. The van der Waals surface area contributed by atoms with Crippen LogP contribution in [0.3, 0.4) is 0 Å². The van der Waals surface area contributed by atoms with E-state index in [-0.39, 0.29) is 18.8 Å². The Kier molecular flexibility index (Phi) is 14.0. The van der Waals surface area contributed by atoms with Gasteiger partial charge in [-0.1, -0.05) is 75.4 Å². The highest BCUT2D eigenvalue weighted by Gasteiger charge is 2.57. The van der Waals surface area contributed by atoms with Crippen LogP contribution >= 0.6 is 0 Å². The average molecular weight is 625 g/mol. The van der Waals surface area contributed by atoms with Gasteiger partial charge in [0.1, 0.15) is 12.5 Å². The van der Waals surface area contributed by atoms with Crippen LogP contribution in [0.5, 0.6) is 5.75 Å². The van der Waals surface area contributed by atoms with Crippen molar-refractivity contribution in [1.29, 1.82) is 0 Å². The highest BCUT2D eigenvalue weighted by Crippen LogP contribution is 2.45. The van der Waals surface area contributed by atoms with Crippen LogP contribution in [0.2, 0.25) is 0 Å². The minimum Gasteiger partial charge on any atom is -0.497 e. The van der Waals surface area contributed by atoms with Crippen molar-refractivity contribution >= 4 is 11.8 Å². The summed E-state index contributed by atoms with van der Waals surface area (Å²) in [6.45, 7) is 8.48. The lowest BCUT2D eigenvalue weighted by Gasteiger charge is -2.48. The summed E-state index contributed by atoms with van der Waals surface area (Å²) in [7, 11) is 4.35. The zero-order valence-electron chi connectivity index (χ0n) is 27.6. The van der Waals surface area contributed by atoms with Crippen LogP contribution < -0.4 is 4.74 Å². The quantitative estimate of drug-likeness (QED) is 0.0656. The second-order valence-corrected chi connectivity index (χ2v) is 11.6. The van der Waals surface area contributed by atoms with Crippen LogP contribution in [0.4, 0.5) is 0 Å². The van der Waals surface area contributed by atoms with Crippen molar-refractivity contribution in [3.8, 4) is 5.75 Å². The summed E-state index contributed by atoms with van der Waals surface area (Å²) in [6, 6.07) is 17.5. The number of rotatable bonds is 17. The summed E-state index contributed by atoms with van der Waals surface area (Å²) in [5, 5.41) is 0. The largest absolute Gasteiger partial charge is 0.497 e. The number of Topliss-reactive ketones (excluding diaryl/α,β-unsaturated/α-hetero) is 1. The molecule has 3 rings (SSSR count). The fourth-order valence-corrected chi connectivity index (χ4v) is 5.28. The number of hydrogen-bond acceptors (Lipinski definition) is 9. The van der Waals surface area contributed by atoms with Gasteiger partial charge in [0.15, 0.2) is 0 Å². The Morgan fingerprint density at radius 3 is 2.33 bits per heavy atom. The topological polar surface area (TPSA) is 98.8 Å². The molecule has 9 nitrogen and oxygen atoms in total. The summed E-state index contributed by atoms with van der Waals surface area (Å²) < 4.78 is 41.0. The molecule has 0 bridgehead atoms. The SMILES string of the molecule is CC/C=C/C(C)(C)[C@]1(OC)O[C@H](C[C@@H](OCc2ccc(OC)cc2)[C@@H](C)OCOCc2ccccc2)C/C(=C\C(=O)OC)C1=O. The van der Waals surface area contributed by atoms with E-state index in [0.717, 1.165) is 23.3 Å². The molecule has 1 heterocycles. The Bertz CT molecular complexity index is 1270. The van der Waals surface area contributed by atoms with Gasteiger partial charge in [-0.05, 0) is 36.6 Å². The molecule has 0 radical (unpaired) electrons. The van der Waals surface area contributed by atoms with E-state index in [1.807, 2.05) is 94.4 Å². The van der Waals surface area contributed by atoms with Crippen LogP contribution in [0.15, 0.2) is 78.4 Å². The first kappa shape index (κ1) is 36.1. The van der Waals surface area contributed by atoms with E-state index in [0.29, 0.717) is 19.6 Å². The highest BCUT2D eigenvalue weighted by atomic mass is 16.7. The minimum atomic E-state index is -1.68. The molecule has 45 heavy (non-hydrogen) atoms. The third-order valence-electron chi connectivity index (χ3n) is 7.94. The standard InChI is InChI=1S/C36H48O9/c1-8-9-19-35(3,4)36(41-7)34(38)29(21-33(37)40-6)20-31(45-36)22-32(43-24-28-15-17-30(39-5)18-16-28)26(2)44-25-42-23-27-13-11-10-12-14-27/h9-19,21,26,31-32H,8,20,22-25H2,1-7H3/b19-9+,29-21+/t26-,31+,32-,36-/m1/s1. The first-order valence-electron chi connectivity index (χ1n) is 15.3. The Labute approximate surface area is 267 Å². The zero-order valence-corrected chi connectivity index (χ0v) is 27.6. The minimum absolute atomic E-state index is 0.0623. The van der Waals surface area contributed by atoms with Crippen molar-refractivity contribution in [2.75, 3.05) is 28.1 Å². The summed E-state index contributed by atoms with van der Waals surface area (Å²) in [6.07, 6.45) is 4.99. The van der Waals surface area contributed by atoms with Gasteiger partial charge in [0.2, 0.25) is 11.6 Å². The highest BCUT2D eigenvalue weighted by molar-refractivity contribution is 6.06. The summed E-state index contributed by atoms with van der Waals surface area (Å²) >= 11 is 0. The van der Waals surface area contributed by atoms with Gasteiger partial charge in [0.05, 0.1) is 45.7 Å². The summed E-state index contributed by atoms with van der Waals surface area (Å²) in [4.78, 5) is 26.2. The molecule has 246 valence electrons. The second-order valence-electron chi connectivity index (χ2n) is 11.6. The van der Waals surface area contributed by atoms with Crippen molar-refractivity contribution in [2.45, 2.75) is 84.3 Å². The molecule has 4 atom stereocenters. The number of benzene rings is 2. The van der Waals surface area contributed by atoms with Crippen LogP contribution in [-0.2, 0) is 51.2 Å². The summed E-state index contributed by atoms with van der Waals surface area (Å²) in [5.41, 5.74) is 1.40. The van der Waals surface area contributed by atoms with Crippen LogP contribution in [0, 0.1) is 5.41 Å². The van der Waals surface area contributed by atoms with E-state index in [9.17, 15) is 9.59 Å². The maximum Gasteiger partial charge on any atom is 0.330 e. The lowest BCUT2D eigenvalue weighted by Crippen LogP contribution is -2.60. The smallest absolute Gasteiger partial charge is 0.330 e. The second kappa shape index (κ2) is 17.4. The van der Waals surface area contributed by atoms with E-state index in [2.05, 4.69) is 0 Å². The molecule has 1 fully saturated rings. The van der Waals surface area contributed by atoms with Crippen LogP contribution in [0.1, 0.15) is 58.1 Å². The van der Waals surface area contributed by atoms with Crippen molar-refractivity contribution in [3.05, 3.63) is 89.5 Å². The zero-order chi connectivity index (χ0) is 32.9. The van der Waals surface area contributed by atoms with E-state index in [4.69, 9.17) is 33.2 Å². The van der Waals surface area contributed by atoms with Gasteiger partial charge in [0.25, 0.3) is 0 Å².